The van der Waals surface area contributed by atoms with Crippen molar-refractivity contribution in [1.29, 1.82) is 0 Å². The molecule has 0 fully saturated rings. The number of esters is 1. The van der Waals surface area contributed by atoms with E-state index in [0.29, 0.717) is 16.6 Å². The van der Waals surface area contributed by atoms with E-state index >= 15 is 0 Å². The Kier molecular flexibility index (Phi) is 3.14. The third-order valence-corrected chi connectivity index (χ3v) is 3.56. The second kappa shape index (κ2) is 4.86. The first kappa shape index (κ1) is 13.6. The molecule has 5 heteroatoms. The van der Waals surface area contributed by atoms with Crippen LogP contribution in [0.5, 0.6) is 0 Å². The zero-order valence-electron chi connectivity index (χ0n) is 11.8. The van der Waals surface area contributed by atoms with Gasteiger partial charge in [-0.25, -0.2) is 4.79 Å². The lowest BCUT2D eigenvalue weighted by molar-refractivity contribution is 0.0524. The van der Waals surface area contributed by atoms with Crippen molar-refractivity contribution in [2.75, 3.05) is 6.61 Å². The summed E-state index contributed by atoms with van der Waals surface area (Å²) in [4.78, 5) is 24.4. The summed E-state index contributed by atoms with van der Waals surface area (Å²) in [5.41, 5.74) is 0.981. The second-order valence-electron chi connectivity index (χ2n) is 4.95. The third-order valence-electron chi connectivity index (χ3n) is 3.56. The molecule has 1 N–H and O–H groups in total. The van der Waals surface area contributed by atoms with E-state index < -0.39 is 12.1 Å². The molecular formula is C16H15NO4. The number of aliphatic hydroxyl groups is 1. The fourth-order valence-corrected chi connectivity index (χ4v) is 2.64. The summed E-state index contributed by atoms with van der Waals surface area (Å²) in [6.45, 7) is 3.54. The minimum absolute atomic E-state index is 0.0186. The Hall–Kier alpha value is -2.40. The lowest BCUT2D eigenvalue weighted by Crippen LogP contribution is -2.19. The van der Waals surface area contributed by atoms with Gasteiger partial charge >= 0.3 is 5.97 Å². The molecule has 1 unspecified atom stereocenters. The zero-order chi connectivity index (χ0) is 15.1. The number of hydrogen-bond acceptors (Lipinski definition) is 4. The average Bonchev–Trinajstić information content (AvgIpc) is 2.83. The fourth-order valence-electron chi connectivity index (χ4n) is 2.64. The Labute approximate surface area is 120 Å². The number of para-hydroxylation sites is 1. The van der Waals surface area contributed by atoms with Gasteiger partial charge in [-0.05, 0) is 26.0 Å². The summed E-state index contributed by atoms with van der Waals surface area (Å²) in [6.07, 6.45) is 0.746. The monoisotopic (exact) mass is 285 g/mol. The summed E-state index contributed by atoms with van der Waals surface area (Å²) in [5, 5.41) is 11.2. The van der Waals surface area contributed by atoms with Crippen LogP contribution in [0.15, 0.2) is 35.3 Å². The van der Waals surface area contributed by atoms with Gasteiger partial charge in [-0.2, -0.15) is 0 Å². The highest BCUT2D eigenvalue weighted by Crippen LogP contribution is 2.26. The van der Waals surface area contributed by atoms with Crippen LogP contribution in [-0.4, -0.2) is 22.1 Å². The molecule has 0 radical (unpaired) electrons. The van der Waals surface area contributed by atoms with Crippen molar-refractivity contribution >= 4 is 22.3 Å². The first-order valence-electron chi connectivity index (χ1n) is 6.80. The molecule has 3 aromatic rings. The molecule has 0 amide bonds. The minimum atomic E-state index is -0.710. The molecule has 0 saturated heterocycles. The van der Waals surface area contributed by atoms with Crippen LogP contribution in [0.2, 0.25) is 0 Å². The van der Waals surface area contributed by atoms with Crippen molar-refractivity contribution in [2.24, 2.45) is 0 Å². The SMILES string of the molecule is CCOC(=O)c1cn2c(C(C)O)cc3cccc(c1=O)c32. The van der Waals surface area contributed by atoms with Gasteiger partial charge in [0, 0.05) is 17.0 Å². The minimum Gasteiger partial charge on any atom is -0.462 e. The number of aromatic nitrogens is 1. The predicted molar refractivity (Wildman–Crippen MR) is 78.9 cm³/mol. The van der Waals surface area contributed by atoms with Crippen molar-refractivity contribution < 1.29 is 14.6 Å². The van der Waals surface area contributed by atoms with E-state index in [1.807, 2.05) is 12.1 Å². The Morgan fingerprint density at radius 1 is 1.43 bits per heavy atom. The highest BCUT2D eigenvalue weighted by molar-refractivity contribution is 6.00. The standard InChI is InChI=1S/C16H15NO4/c1-3-21-16(20)12-8-17-13(9(2)18)7-10-5-4-6-11(14(10)17)15(12)19/h4-9,18H,3H2,1-2H3. The molecule has 1 atom stereocenters. The van der Waals surface area contributed by atoms with Gasteiger partial charge in [0.15, 0.2) is 0 Å². The van der Waals surface area contributed by atoms with Crippen LogP contribution >= 0.6 is 0 Å². The summed E-state index contributed by atoms with van der Waals surface area (Å²) in [5.74, 6) is -0.643. The van der Waals surface area contributed by atoms with E-state index in [9.17, 15) is 14.7 Å². The number of benzene rings is 1. The maximum absolute atomic E-state index is 12.5. The Bertz CT molecular complexity index is 879. The van der Waals surface area contributed by atoms with E-state index in [4.69, 9.17) is 4.74 Å². The Morgan fingerprint density at radius 2 is 2.19 bits per heavy atom. The highest BCUT2D eigenvalue weighted by atomic mass is 16.5. The van der Waals surface area contributed by atoms with Gasteiger partial charge in [0.25, 0.3) is 0 Å². The number of carbonyl (C=O) groups is 1. The number of rotatable bonds is 3. The van der Waals surface area contributed by atoms with Gasteiger partial charge in [-0.15, -0.1) is 0 Å². The molecule has 5 nitrogen and oxygen atoms in total. The summed E-state index contributed by atoms with van der Waals surface area (Å²) in [7, 11) is 0. The molecule has 1 aromatic carbocycles. The first-order chi connectivity index (χ1) is 10.0. The molecule has 3 rings (SSSR count). The molecule has 0 aliphatic heterocycles. The molecule has 2 heterocycles. The largest absolute Gasteiger partial charge is 0.462 e. The molecule has 0 spiro atoms. The number of aliphatic hydroxyl groups excluding tert-OH is 1. The van der Waals surface area contributed by atoms with Crippen molar-refractivity contribution in [3.8, 4) is 0 Å². The van der Waals surface area contributed by atoms with Crippen LogP contribution in [-0.2, 0) is 4.74 Å². The zero-order valence-corrected chi connectivity index (χ0v) is 11.8. The number of ether oxygens (including phenoxy) is 1. The maximum atomic E-state index is 12.5. The van der Waals surface area contributed by atoms with E-state index in [2.05, 4.69) is 0 Å². The fraction of sp³-hybridized carbons (Fsp3) is 0.250. The van der Waals surface area contributed by atoms with E-state index in [-0.39, 0.29) is 17.6 Å². The van der Waals surface area contributed by atoms with Crippen LogP contribution in [0.4, 0.5) is 0 Å². The van der Waals surface area contributed by atoms with Gasteiger partial charge < -0.3 is 14.2 Å². The quantitative estimate of drug-likeness (QED) is 0.748. The molecule has 108 valence electrons. The lowest BCUT2D eigenvalue weighted by Gasteiger charge is -2.09. The van der Waals surface area contributed by atoms with E-state index in [1.165, 1.54) is 6.20 Å². The summed E-state index contributed by atoms with van der Waals surface area (Å²) in [6, 6.07) is 7.14. The summed E-state index contributed by atoms with van der Waals surface area (Å²) >= 11 is 0. The Balaban J connectivity index is 2.43. The van der Waals surface area contributed by atoms with Crippen LogP contribution < -0.4 is 5.43 Å². The number of pyridine rings is 1. The normalized spacial score (nSPS) is 12.9. The van der Waals surface area contributed by atoms with Gasteiger partial charge in [-0.1, -0.05) is 12.1 Å². The Morgan fingerprint density at radius 3 is 2.86 bits per heavy atom. The van der Waals surface area contributed by atoms with Crippen molar-refractivity contribution in [3.63, 3.8) is 0 Å². The molecule has 0 aliphatic carbocycles. The molecule has 0 saturated carbocycles. The first-order valence-corrected chi connectivity index (χ1v) is 6.80. The number of nitrogens with zero attached hydrogens (tertiary/aromatic N) is 1. The molecule has 0 bridgehead atoms. The average molecular weight is 285 g/mol. The van der Waals surface area contributed by atoms with Gasteiger partial charge in [0.05, 0.1) is 23.9 Å². The van der Waals surface area contributed by atoms with Crippen molar-refractivity contribution in [1.82, 2.24) is 4.40 Å². The second-order valence-corrected chi connectivity index (χ2v) is 4.95. The summed E-state index contributed by atoms with van der Waals surface area (Å²) < 4.78 is 6.63. The highest BCUT2D eigenvalue weighted by Gasteiger charge is 2.20. The number of carbonyl (C=O) groups excluding carboxylic acids is 1. The van der Waals surface area contributed by atoms with E-state index in [0.717, 1.165) is 5.39 Å². The predicted octanol–water partition coefficient (Wildman–Crippen LogP) is 2.12. The smallest absolute Gasteiger partial charge is 0.343 e. The maximum Gasteiger partial charge on any atom is 0.343 e. The molecular weight excluding hydrogens is 270 g/mol. The number of hydrogen-bond donors (Lipinski definition) is 1. The lowest BCUT2D eigenvalue weighted by atomic mass is 10.1. The van der Waals surface area contributed by atoms with Crippen molar-refractivity contribution in [3.05, 3.63) is 51.9 Å². The van der Waals surface area contributed by atoms with Gasteiger partial charge in [0.2, 0.25) is 5.43 Å². The van der Waals surface area contributed by atoms with Crippen LogP contribution in [0.1, 0.15) is 36.0 Å². The van der Waals surface area contributed by atoms with Crippen molar-refractivity contribution in [2.45, 2.75) is 20.0 Å². The van der Waals surface area contributed by atoms with Gasteiger partial charge in [0.1, 0.15) is 5.56 Å². The molecule has 21 heavy (non-hydrogen) atoms. The van der Waals surface area contributed by atoms with E-state index in [1.54, 1.807) is 30.4 Å². The molecule has 0 aliphatic rings. The topological polar surface area (TPSA) is 68.0 Å². The van der Waals surface area contributed by atoms with Crippen LogP contribution in [0, 0.1) is 0 Å². The van der Waals surface area contributed by atoms with Gasteiger partial charge in [-0.3, -0.25) is 4.79 Å². The van der Waals surface area contributed by atoms with Crippen LogP contribution in [0.3, 0.4) is 0 Å². The molecule has 2 aromatic heterocycles. The third kappa shape index (κ3) is 1.97. The van der Waals surface area contributed by atoms with Crippen LogP contribution in [0.25, 0.3) is 16.3 Å².